The summed E-state index contributed by atoms with van der Waals surface area (Å²) in [6.07, 6.45) is 5.12. The molecular formula is C36H42Cl2Si2Zr. The van der Waals surface area contributed by atoms with Crippen LogP contribution in [-0.2, 0) is 16.6 Å². The molecule has 4 aromatic carbocycles. The molecule has 0 fully saturated rings. The Labute approximate surface area is 261 Å². The molecule has 2 aliphatic carbocycles. The second-order valence-electron chi connectivity index (χ2n) is 13.5. The molecule has 0 aromatic heterocycles. The van der Waals surface area contributed by atoms with Crippen LogP contribution in [0.25, 0.3) is 34.4 Å². The molecule has 41 heavy (non-hydrogen) atoms. The summed E-state index contributed by atoms with van der Waals surface area (Å²) in [6.45, 7) is 15.5. The van der Waals surface area contributed by atoms with Gasteiger partial charge in [-0.25, -0.2) is 0 Å². The van der Waals surface area contributed by atoms with Crippen molar-refractivity contribution in [1.82, 2.24) is 0 Å². The third-order valence-corrected chi connectivity index (χ3v) is 85.2. The van der Waals surface area contributed by atoms with Gasteiger partial charge in [0.1, 0.15) is 0 Å². The van der Waals surface area contributed by atoms with Crippen molar-refractivity contribution in [2.24, 2.45) is 0 Å². The van der Waals surface area contributed by atoms with Crippen molar-refractivity contribution in [2.75, 3.05) is 0 Å². The Hall–Kier alpha value is -1.74. The molecule has 2 aliphatic rings. The van der Waals surface area contributed by atoms with Crippen LogP contribution in [0, 0.1) is 0 Å². The largest absolute Gasteiger partial charge is 0.147 e. The van der Waals surface area contributed by atoms with Crippen molar-refractivity contribution in [2.45, 2.75) is 45.4 Å². The van der Waals surface area contributed by atoms with E-state index in [9.17, 15) is 0 Å². The van der Waals surface area contributed by atoms with Gasteiger partial charge in [-0.15, -0.1) is 24.8 Å². The van der Waals surface area contributed by atoms with E-state index < -0.39 is 21.8 Å². The fourth-order valence-electron chi connectivity index (χ4n) is 8.01. The number of rotatable bonds is 5. The molecule has 2 atom stereocenters. The maximum atomic E-state index is 2.87. The van der Waals surface area contributed by atoms with Crippen LogP contribution in [0.1, 0.15) is 43.4 Å². The third kappa shape index (κ3) is 4.81. The van der Waals surface area contributed by atoms with Gasteiger partial charge in [-0.1, -0.05) is 0 Å². The average molecular weight is 693 g/mol. The van der Waals surface area contributed by atoms with Crippen LogP contribution in [0.4, 0.5) is 0 Å². The Morgan fingerprint density at radius 1 is 0.561 bits per heavy atom. The van der Waals surface area contributed by atoms with Crippen molar-refractivity contribution in [3.05, 3.63) is 130 Å². The van der Waals surface area contributed by atoms with Gasteiger partial charge in [-0.3, -0.25) is 0 Å². The van der Waals surface area contributed by atoms with Crippen LogP contribution >= 0.6 is 24.8 Å². The van der Waals surface area contributed by atoms with Crippen molar-refractivity contribution in [1.29, 1.82) is 0 Å². The van der Waals surface area contributed by atoms with E-state index in [4.69, 9.17) is 0 Å². The molecule has 0 saturated heterocycles. The molecular weight excluding hydrogens is 651 g/mol. The van der Waals surface area contributed by atoms with Crippen LogP contribution in [0.15, 0.2) is 108 Å². The summed E-state index contributed by atoms with van der Waals surface area (Å²) in [5.41, 5.74) is 14.7. The van der Waals surface area contributed by atoms with E-state index in [0.717, 1.165) is 0 Å². The Bertz CT molecular complexity index is 1620. The van der Waals surface area contributed by atoms with Crippen molar-refractivity contribution in [3.63, 3.8) is 0 Å². The van der Waals surface area contributed by atoms with Crippen LogP contribution in [0.5, 0.6) is 0 Å². The first-order valence-corrected chi connectivity index (χ1v) is 32.7. The SMILES string of the molecule is CC1=Cc2c(-c3ccccc3)cccc2[CH]1[Zr]([CH3])(=[SiH2])([CH]1C(C)=Cc2c(-c3ccccc3)cccc21)[Si](C)(C)C.Cl.Cl. The number of halogens is 2. The smallest absolute Gasteiger partial charge is 0.147 e. The van der Waals surface area contributed by atoms with E-state index in [2.05, 4.69) is 154 Å². The molecule has 0 heterocycles. The van der Waals surface area contributed by atoms with Gasteiger partial charge in [-0.05, 0) is 0 Å². The van der Waals surface area contributed by atoms with Crippen LogP contribution in [0.3, 0.4) is 0 Å². The van der Waals surface area contributed by atoms with Gasteiger partial charge < -0.3 is 0 Å². The van der Waals surface area contributed by atoms with E-state index in [1.54, 1.807) is 22.3 Å². The van der Waals surface area contributed by atoms with Crippen molar-refractivity contribution in [3.8, 4) is 22.3 Å². The molecule has 0 aliphatic heterocycles. The molecule has 6 rings (SSSR count). The maximum Gasteiger partial charge on any atom is -0.147 e. The van der Waals surface area contributed by atoms with Gasteiger partial charge >= 0.3 is 239 Å². The summed E-state index contributed by atoms with van der Waals surface area (Å²) in [5, 5.41) is -1.64. The quantitative estimate of drug-likeness (QED) is 0.183. The Morgan fingerprint density at radius 3 is 1.27 bits per heavy atom. The molecule has 0 bridgehead atoms. The van der Waals surface area contributed by atoms with Gasteiger partial charge in [0.2, 0.25) is 0 Å². The number of hydrogen-bond donors (Lipinski definition) is 0. The summed E-state index contributed by atoms with van der Waals surface area (Å²) in [7, 11) is 0. The minimum Gasteiger partial charge on any atom is -0.147 e. The predicted molar refractivity (Wildman–Crippen MR) is 189 cm³/mol. The van der Waals surface area contributed by atoms with Gasteiger partial charge in [0.15, 0.2) is 0 Å². The van der Waals surface area contributed by atoms with Crippen LogP contribution in [-0.4, -0.2) is 12.1 Å². The summed E-state index contributed by atoms with van der Waals surface area (Å²) in [4.78, 5) is 0. The normalized spacial score (nSPS) is 17.9. The summed E-state index contributed by atoms with van der Waals surface area (Å²) in [6, 6.07) is 36.2. The number of fused-ring (bicyclic) bond motifs is 2. The van der Waals surface area contributed by atoms with Crippen LogP contribution in [0.2, 0.25) is 24.3 Å². The van der Waals surface area contributed by atoms with Crippen molar-refractivity contribution >= 4 is 49.0 Å². The van der Waals surface area contributed by atoms with E-state index in [1.165, 1.54) is 33.4 Å². The van der Waals surface area contributed by atoms with Gasteiger partial charge in [-0.2, -0.15) is 0 Å². The molecule has 0 radical (unpaired) electrons. The molecule has 0 nitrogen and oxygen atoms in total. The first-order valence-electron chi connectivity index (χ1n) is 14.3. The summed E-state index contributed by atoms with van der Waals surface area (Å²) < 4.78 is 3.99. The second kappa shape index (κ2) is 11.4. The molecule has 0 spiro atoms. The van der Waals surface area contributed by atoms with Gasteiger partial charge in [0, 0.05) is 0 Å². The first kappa shape index (κ1) is 32.2. The number of hydrogen-bond acceptors (Lipinski definition) is 0. The number of benzene rings is 4. The molecule has 212 valence electrons. The minimum absolute atomic E-state index is 0. The molecule has 0 saturated carbocycles. The fourth-order valence-corrected chi connectivity index (χ4v) is 46.4. The summed E-state index contributed by atoms with van der Waals surface area (Å²) in [5.74, 6) is 0. The zero-order valence-electron chi connectivity index (χ0n) is 25.1. The van der Waals surface area contributed by atoms with Gasteiger partial charge in [0.25, 0.3) is 0 Å². The monoisotopic (exact) mass is 690 g/mol. The topological polar surface area (TPSA) is 0 Å². The van der Waals surface area contributed by atoms with E-state index in [0.29, 0.717) is 7.25 Å². The third-order valence-electron chi connectivity index (χ3n) is 10.5. The van der Waals surface area contributed by atoms with Gasteiger partial charge in [0.05, 0.1) is 0 Å². The van der Waals surface area contributed by atoms with E-state index >= 15 is 0 Å². The zero-order chi connectivity index (χ0) is 27.6. The predicted octanol–water partition coefficient (Wildman–Crippen LogP) is 10.6. The average Bonchev–Trinajstić information content (AvgIpc) is 3.45. The Morgan fingerprint density at radius 2 is 0.927 bits per heavy atom. The van der Waals surface area contributed by atoms with Crippen LogP contribution < -0.4 is 0 Å². The maximum absolute atomic E-state index is 3.71. The Kier molecular flexibility index (Phi) is 8.95. The standard InChI is InChI=1S/2C16H13.C3H9Si.CH3.2ClH.H2Si.Zr/c2*1-12-10-14-8-5-9-15(16(14)11-12)13-6-3-2-4-7-13;1-4(2)3;;;;;/h2*2-11H,1H3;1-3H3;1H3;2*1H;1H2;. The Balaban J connectivity index is 0.00000194. The molecule has 0 amide bonds. The first-order chi connectivity index (χ1) is 18.5. The molecule has 4 aromatic rings. The molecule has 5 heteroatoms. The second-order valence-corrected chi connectivity index (χ2v) is 66.5. The molecule has 0 N–H and O–H groups in total. The molecule has 2 unspecified atom stereocenters. The van der Waals surface area contributed by atoms with Crippen molar-refractivity contribution < 1.29 is 16.6 Å². The summed E-state index contributed by atoms with van der Waals surface area (Å²) >= 11 is -3.71. The van der Waals surface area contributed by atoms with E-state index in [1.807, 2.05) is 0 Å². The van der Waals surface area contributed by atoms with E-state index in [-0.39, 0.29) is 24.8 Å². The number of allylic oxidation sites excluding steroid dienone is 2. The fraction of sp³-hybridized carbons (Fsp3) is 0.222. The zero-order valence-corrected chi connectivity index (χ0v) is 31.6. The minimum atomic E-state index is -3.71.